The molecule has 6 heteroatoms. The lowest BCUT2D eigenvalue weighted by molar-refractivity contribution is 0.0394. The molecule has 1 aliphatic rings. The van der Waals surface area contributed by atoms with E-state index < -0.39 is 0 Å². The predicted octanol–water partition coefficient (Wildman–Crippen LogP) is 4.04. The average molecular weight is 423 g/mol. The average Bonchev–Trinajstić information content (AvgIpc) is 2.80. The Kier molecular flexibility index (Phi) is 8.62. The number of anilines is 1. The zero-order valence-electron chi connectivity index (χ0n) is 18.9. The molecule has 31 heavy (non-hydrogen) atoms. The number of aliphatic imine (C=N–C) groups is 1. The molecule has 1 heterocycles. The number of aryl methyl sites for hydroxylation is 1. The van der Waals surface area contributed by atoms with Crippen LogP contribution in [0.4, 0.5) is 5.69 Å². The molecule has 0 radical (unpaired) electrons. The van der Waals surface area contributed by atoms with Crippen LogP contribution in [0.2, 0.25) is 0 Å². The van der Waals surface area contributed by atoms with E-state index in [1.54, 1.807) is 0 Å². The fourth-order valence-corrected chi connectivity index (χ4v) is 3.39. The number of guanidine groups is 1. The van der Waals surface area contributed by atoms with Gasteiger partial charge in [-0.15, -0.1) is 0 Å². The van der Waals surface area contributed by atoms with Crippen LogP contribution >= 0.6 is 0 Å². The van der Waals surface area contributed by atoms with Crippen molar-refractivity contribution in [2.75, 3.05) is 44.7 Å². The molecule has 0 unspecified atom stereocenters. The summed E-state index contributed by atoms with van der Waals surface area (Å²) in [6, 6.07) is 15.9. The Labute approximate surface area is 185 Å². The summed E-state index contributed by atoms with van der Waals surface area (Å²) in [5.41, 5.74) is 3.94. The Hall–Kier alpha value is -2.70. The molecule has 0 aromatic heterocycles. The summed E-state index contributed by atoms with van der Waals surface area (Å²) in [5, 5.41) is 6.23. The van der Waals surface area contributed by atoms with Gasteiger partial charge in [-0.3, -0.25) is 20.0 Å². The van der Waals surface area contributed by atoms with Crippen LogP contribution in [-0.4, -0.2) is 56.2 Å². The second kappa shape index (κ2) is 11.6. The molecule has 166 valence electrons. The number of ether oxygens (including phenoxy) is 1. The number of hydrogen-bond donors (Lipinski definition) is 2. The molecular formula is C25H34N4O2. The zero-order valence-corrected chi connectivity index (χ0v) is 18.9. The van der Waals surface area contributed by atoms with Gasteiger partial charge in [-0.2, -0.15) is 0 Å². The van der Waals surface area contributed by atoms with Crippen molar-refractivity contribution < 1.29 is 9.53 Å². The van der Waals surface area contributed by atoms with E-state index in [2.05, 4.69) is 46.5 Å². The molecule has 1 amide bonds. The minimum absolute atomic E-state index is 0.172. The normalized spacial score (nSPS) is 16.0. The van der Waals surface area contributed by atoms with Crippen molar-refractivity contribution in [1.82, 2.24) is 10.2 Å². The number of carbonyl (C=O) groups excluding carboxylic acids is 1. The van der Waals surface area contributed by atoms with Gasteiger partial charge in [-0.05, 0) is 49.1 Å². The van der Waals surface area contributed by atoms with Gasteiger partial charge in [0.1, 0.15) is 0 Å². The molecular weight excluding hydrogens is 388 g/mol. The molecule has 1 saturated heterocycles. The zero-order chi connectivity index (χ0) is 22.1. The van der Waals surface area contributed by atoms with Crippen LogP contribution in [0.25, 0.3) is 0 Å². The molecule has 1 aliphatic heterocycles. The van der Waals surface area contributed by atoms with Gasteiger partial charge in [0, 0.05) is 30.9 Å². The highest BCUT2D eigenvalue weighted by atomic mass is 16.5. The first-order valence-corrected chi connectivity index (χ1v) is 11.1. The van der Waals surface area contributed by atoms with Crippen LogP contribution in [-0.2, 0) is 4.74 Å². The fraction of sp³-hybridized carbons (Fsp3) is 0.440. The molecule has 0 saturated carbocycles. The van der Waals surface area contributed by atoms with Crippen molar-refractivity contribution in [2.45, 2.75) is 33.1 Å². The van der Waals surface area contributed by atoms with Crippen LogP contribution in [0.1, 0.15) is 47.7 Å². The molecule has 2 N–H and O–H groups in total. The van der Waals surface area contributed by atoms with Crippen molar-refractivity contribution >= 4 is 17.6 Å². The highest BCUT2D eigenvalue weighted by molar-refractivity contribution is 6.09. The molecule has 0 bridgehead atoms. The Balaban J connectivity index is 1.68. The van der Waals surface area contributed by atoms with E-state index in [-0.39, 0.29) is 5.91 Å². The van der Waals surface area contributed by atoms with Crippen LogP contribution in [0.3, 0.4) is 0 Å². The van der Waals surface area contributed by atoms with Crippen LogP contribution in [0.15, 0.2) is 53.5 Å². The van der Waals surface area contributed by atoms with E-state index in [0.717, 1.165) is 50.5 Å². The van der Waals surface area contributed by atoms with Gasteiger partial charge in [0.2, 0.25) is 5.96 Å². The second-order valence-electron chi connectivity index (χ2n) is 8.06. The largest absolute Gasteiger partial charge is 0.379 e. The molecule has 0 aliphatic carbocycles. The number of benzene rings is 2. The summed E-state index contributed by atoms with van der Waals surface area (Å²) in [4.78, 5) is 19.7. The molecule has 2 aromatic carbocycles. The molecule has 1 atom stereocenters. The third kappa shape index (κ3) is 7.19. The third-order valence-corrected chi connectivity index (χ3v) is 5.69. The van der Waals surface area contributed by atoms with E-state index in [1.807, 2.05) is 43.3 Å². The molecule has 6 nitrogen and oxygen atoms in total. The Morgan fingerprint density at radius 1 is 1.10 bits per heavy atom. The van der Waals surface area contributed by atoms with Crippen molar-refractivity contribution in [3.63, 3.8) is 0 Å². The van der Waals surface area contributed by atoms with Gasteiger partial charge in [-0.1, -0.05) is 43.7 Å². The van der Waals surface area contributed by atoms with E-state index >= 15 is 0 Å². The maximum absolute atomic E-state index is 12.7. The number of nitrogens with one attached hydrogen (secondary N) is 2. The lowest BCUT2D eigenvalue weighted by atomic mass is 9.99. The minimum Gasteiger partial charge on any atom is -0.379 e. The molecule has 0 spiro atoms. The van der Waals surface area contributed by atoms with Gasteiger partial charge in [0.25, 0.3) is 5.91 Å². The van der Waals surface area contributed by atoms with Gasteiger partial charge >= 0.3 is 0 Å². The monoisotopic (exact) mass is 422 g/mol. The lowest BCUT2D eigenvalue weighted by Gasteiger charge is -2.25. The van der Waals surface area contributed by atoms with E-state index in [4.69, 9.17) is 4.74 Å². The summed E-state index contributed by atoms with van der Waals surface area (Å²) in [7, 11) is 0. The number of morpholine rings is 1. The first kappa shape index (κ1) is 23.0. The first-order chi connectivity index (χ1) is 15.0. The van der Waals surface area contributed by atoms with Crippen LogP contribution in [0.5, 0.6) is 0 Å². The maximum atomic E-state index is 12.7. The highest BCUT2D eigenvalue weighted by Gasteiger charge is 2.12. The topological polar surface area (TPSA) is 66.0 Å². The Morgan fingerprint density at radius 2 is 1.77 bits per heavy atom. The van der Waals surface area contributed by atoms with Crippen molar-refractivity contribution in [1.29, 1.82) is 0 Å². The van der Waals surface area contributed by atoms with Crippen molar-refractivity contribution in [3.05, 3.63) is 65.2 Å². The molecule has 3 rings (SSSR count). The number of carbonyl (C=O) groups is 1. The van der Waals surface area contributed by atoms with Crippen molar-refractivity contribution in [2.24, 2.45) is 4.99 Å². The summed E-state index contributed by atoms with van der Waals surface area (Å²) in [5.74, 6) is 0.820. The van der Waals surface area contributed by atoms with Gasteiger partial charge in [0.15, 0.2) is 0 Å². The number of rotatable bonds is 7. The number of amides is 1. The second-order valence-corrected chi connectivity index (χ2v) is 8.06. The Morgan fingerprint density at radius 3 is 2.42 bits per heavy atom. The summed E-state index contributed by atoms with van der Waals surface area (Å²) >= 11 is 0. The summed E-state index contributed by atoms with van der Waals surface area (Å²) in [6.07, 6.45) is 1.10. The predicted molar refractivity (Wildman–Crippen MR) is 127 cm³/mol. The Bertz CT molecular complexity index is 856. The van der Waals surface area contributed by atoms with Crippen LogP contribution < -0.4 is 10.6 Å². The van der Waals surface area contributed by atoms with E-state index in [9.17, 15) is 4.79 Å². The molecule has 1 fully saturated rings. The smallest absolute Gasteiger partial charge is 0.257 e. The van der Waals surface area contributed by atoms with E-state index in [0.29, 0.717) is 24.0 Å². The van der Waals surface area contributed by atoms with Crippen LogP contribution in [0, 0.1) is 6.92 Å². The lowest BCUT2D eigenvalue weighted by Crippen LogP contribution is -2.39. The first-order valence-electron chi connectivity index (χ1n) is 11.1. The SMILES string of the molecule is CC[C@H](C)c1ccc(NC(=NCCN2CCOCC2)NC(=O)c2ccc(C)cc2)cc1. The highest BCUT2D eigenvalue weighted by Crippen LogP contribution is 2.20. The standard InChI is InChI=1S/C25H34N4O2/c1-4-20(3)21-9-11-23(12-10-21)27-25(26-13-14-29-15-17-31-18-16-29)28-24(30)22-7-5-19(2)6-8-22/h5-12,20H,4,13-18H2,1-3H3,(H2,26,27,28,30)/t20-/m0/s1. The summed E-state index contributed by atoms with van der Waals surface area (Å²) in [6.45, 7) is 11.2. The van der Waals surface area contributed by atoms with Gasteiger partial charge in [0.05, 0.1) is 19.8 Å². The fourth-order valence-electron chi connectivity index (χ4n) is 3.39. The third-order valence-electron chi connectivity index (χ3n) is 5.69. The van der Waals surface area contributed by atoms with Crippen molar-refractivity contribution in [3.8, 4) is 0 Å². The van der Waals surface area contributed by atoms with Gasteiger partial charge < -0.3 is 10.1 Å². The van der Waals surface area contributed by atoms with Gasteiger partial charge in [-0.25, -0.2) is 0 Å². The summed E-state index contributed by atoms with van der Waals surface area (Å²) < 4.78 is 5.40. The molecule has 2 aromatic rings. The minimum atomic E-state index is -0.172. The number of nitrogens with zero attached hydrogens (tertiary/aromatic N) is 2. The number of hydrogen-bond acceptors (Lipinski definition) is 4. The quantitative estimate of drug-likeness (QED) is 0.522. The maximum Gasteiger partial charge on any atom is 0.257 e. The van der Waals surface area contributed by atoms with E-state index in [1.165, 1.54) is 5.56 Å².